The molecule has 1 rings (SSSR count). The van der Waals surface area contributed by atoms with Crippen molar-refractivity contribution in [3.8, 4) is 0 Å². The number of nitrogens with zero attached hydrogens (tertiary/aromatic N) is 1. The lowest BCUT2D eigenvalue weighted by atomic mass is 9.67. The Morgan fingerprint density at radius 2 is 2.00 bits per heavy atom. The van der Waals surface area contributed by atoms with Crippen molar-refractivity contribution in [3.63, 3.8) is 0 Å². The summed E-state index contributed by atoms with van der Waals surface area (Å²) in [5, 5.41) is 6.45. The smallest absolute Gasteiger partial charge is 0.310 e. The molecule has 0 amide bonds. The number of ether oxygens (including phenoxy) is 2. The maximum Gasteiger partial charge on any atom is 0.310 e. The molecule has 0 saturated heterocycles. The predicted molar refractivity (Wildman–Crippen MR) is 103 cm³/mol. The fourth-order valence-corrected chi connectivity index (χ4v) is 2.61. The van der Waals surface area contributed by atoms with Gasteiger partial charge in [0.1, 0.15) is 0 Å². The van der Waals surface area contributed by atoms with Crippen molar-refractivity contribution >= 4 is 35.9 Å². The largest absolute Gasteiger partial charge is 0.469 e. The second-order valence-corrected chi connectivity index (χ2v) is 6.10. The van der Waals surface area contributed by atoms with Gasteiger partial charge in [-0.3, -0.25) is 9.79 Å². The Labute approximate surface area is 157 Å². The highest BCUT2D eigenvalue weighted by Crippen LogP contribution is 2.44. The van der Waals surface area contributed by atoms with Gasteiger partial charge < -0.3 is 20.1 Å². The number of methoxy groups -OCH3 is 2. The van der Waals surface area contributed by atoms with Crippen LogP contribution in [0.2, 0.25) is 0 Å². The van der Waals surface area contributed by atoms with E-state index in [2.05, 4.69) is 10.6 Å². The minimum Gasteiger partial charge on any atom is -0.469 e. The Hall–Kier alpha value is -0.570. The van der Waals surface area contributed by atoms with Gasteiger partial charge in [0, 0.05) is 33.4 Å². The first kappa shape index (κ1) is 22.4. The van der Waals surface area contributed by atoms with Crippen LogP contribution >= 0.6 is 24.0 Å². The molecule has 2 N–H and O–H groups in total. The Morgan fingerprint density at radius 1 is 1.30 bits per heavy atom. The van der Waals surface area contributed by atoms with E-state index in [0.717, 1.165) is 32.1 Å². The van der Waals surface area contributed by atoms with Gasteiger partial charge in [-0.15, -0.1) is 24.0 Å². The monoisotopic (exact) mass is 441 g/mol. The molecule has 0 aliphatic heterocycles. The second-order valence-electron chi connectivity index (χ2n) is 6.10. The molecular weight excluding hydrogens is 409 g/mol. The van der Waals surface area contributed by atoms with Gasteiger partial charge in [0.05, 0.1) is 13.0 Å². The van der Waals surface area contributed by atoms with Crippen LogP contribution in [0.1, 0.15) is 39.5 Å². The molecule has 1 fully saturated rings. The molecule has 0 spiro atoms. The third-order valence-corrected chi connectivity index (χ3v) is 4.35. The summed E-state index contributed by atoms with van der Waals surface area (Å²) in [4.78, 5) is 16.1. The van der Waals surface area contributed by atoms with Crippen LogP contribution in [0.15, 0.2) is 4.99 Å². The van der Waals surface area contributed by atoms with E-state index < -0.39 is 0 Å². The van der Waals surface area contributed by atoms with Crippen LogP contribution in [-0.4, -0.2) is 52.4 Å². The van der Waals surface area contributed by atoms with Gasteiger partial charge in [0.25, 0.3) is 0 Å². The number of guanidine groups is 1. The normalized spacial score (nSPS) is 17.5. The molecule has 1 unspecified atom stereocenters. The van der Waals surface area contributed by atoms with Gasteiger partial charge in [0.2, 0.25) is 0 Å². The number of nitrogens with one attached hydrogen (secondary N) is 2. The van der Waals surface area contributed by atoms with Gasteiger partial charge in [0.15, 0.2) is 5.96 Å². The predicted octanol–water partition coefficient (Wildman–Crippen LogP) is 2.18. The van der Waals surface area contributed by atoms with Crippen LogP contribution in [-0.2, 0) is 14.3 Å². The number of rotatable bonds is 9. The standard InChI is InChI=1S/C16H31N3O3.HI/c1-5-17-15(18-11-13(2)14(20)22-4)19-12-16(7-6-8-16)9-10-21-3;/h13H,5-12H2,1-4H3,(H2,17,18,19);1H. The lowest BCUT2D eigenvalue weighted by molar-refractivity contribution is -0.144. The van der Waals surface area contributed by atoms with Crippen molar-refractivity contribution in [2.45, 2.75) is 39.5 Å². The van der Waals surface area contributed by atoms with E-state index in [-0.39, 0.29) is 35.9 Å². The SMILES string of the molecule is CCNC(=NCC1(CCOC)CCC1)NCC(C)C(=O)OC.I. The van der Waals surface area contributed by atoms with Crippen LogP contribution in [0.3, 0.4) is 0 Å². The van der Waals surface area contributed by atoms with Gasteiger partial charge in [-0.25, -0.2) is 0 Å². The van der Waals surface area contributed by atoms with E-state index in [4.69, 9.17) is 14.5 Å². The van der Waals surface area contributed by atoms with E-state index in [1.54, 1.807) is 7.11 Å². The third-order valence-electron chi connectivity index (χ3n) is 4.35. The number of hydrogen-bond donors (Lipinski definition) is 2. The molecule has 7 heteroatoms. The first-order valence-electron chi connectivity index (χ1n) is 8.16. The summed E-state index contributed by atoms with van der Waals surface area (Å²) >= 11 is 0. The summed E-state index contributed by atoms with van der Waals surface area (Å²) in [6.45, 7) is 6.78. The summed E-state index contributed by atoms with van der Waals surface area (Å²) in [6, 6.07) is 0. The molecule has 136 valence electrons. The Kier molecular flexibility index (Phi) is 11.6. The number of halogens is 1. The van der Waals surface area contributed by atoms with E-state index in [9.17, 15) is 4.79 Å². The lowest BCUT2D eigenvalue weighted by Crippen LogP contribution is -2.42. The lowest BCUT2D eigenvalue weighted by Gasteiger charge is -2.40. The van der Waals surface area contributed by atoms with E-state index in [1.807, 2.05) is 13.8 Å². The molecule has 23 heavy (non-hydrogen) atoms. The molecular formula is C16H32IN3O3. The number of esters is 1. The van der Waals surface area contributed by atoms with Crippen molar-refractivity contribution in [2.24, 2.45) is 16.3 Å². The summed E-state index contributed by atoms with van der Waals surface area (Å²) < 4.78 is 9.95. The number of hydrogen-bond acceptors (Lipinski definition) is 4. The van der Waals surface area contributed by atoms with Gasteiger partial charge in [-0.05, 0) is 31.6 Å². The average molecular weight is 441 g/mol. The quantitative estimate of drug-likeness (QED) is 0.249. The summed E-state index contributed by atoms with van der Waals surface area (Å²) in [5.74, 6) is 0.362. The van der Waals surface area contributed by atoms with Crippen LogP contribution in [0.4, 0.5) is 0 Å². The van der Waals surface area contributed by atoms with Gasteiger partial charge >= 0.3 is 5.97 Å². The van der Waals surface area contributed by atoms with Crippen molar-refractivity contribution in [3.05, 3.63) is 0 Å². The van der Waals surface area contributed by atoms with Gasteiger partial charge in [-0.1, -0.05) is 13.3 Å². The zero-order chi connectivity index (χ0) is 16.4. The maximum absolute atomic E-state index is 11.4. The first-order chi connectivity index (χ1) is 10.6. The summed E-state index contributed by atoms with van der Waals surface area (Å²) in [7, 11) is 3.16. The maximum atomic E-state index is 11.4. The molecule has 0 bridgehead atoms. The van der Waals surface area contributed by atoms with E-state index in [0.29, 0.717) is 12.0 Å². The molecule has 0 radical (unpaired) electrons. The Morgan fingerprint density at radius 3 is 2.48 bits per heavy atom. The molecule has 1 saturated carbocycles. The molecule has 1 atom stereocenters. The highest BCUT2D eigenvalue weighted by Gasteiger charge is 2.36. The summed E-state index contributed by atoms with van der Waals surface area (Å²) in [5.41, 5.74) is 0.298. The van der Waals surface area contributed by atoms with Crippen LogP contribution in [0.5, 0.6) is 0 Å². The molecule has 1 aliphatic carbocycles. The summed E-state index contributed by atoms with van der Waals surface area (Å²) in [6.07, 6.45) is 4.78. The molecule has 0 aromatic heterocycles. The highest BCUT2D eigenvalue weighted by molar-refractivity contribution is 14.0. The van der Waals surface area contributed by atoms with Gasteiger partial charge in [-0.2, -0.15) is 0 Å². The fourth-order valence-electron chi connectivity index (χ4n) is 2.61. The minimum atomic E-state index is -0.209. The molecule has 0 heterocycles. The number of carbonyl (C=O) groups is 1. The topological polar surface area (TPSA) is 72.0 Å². The number of carbonyl (C=O) groups excluding carboxylic acids is 1. The fraction of sp³-hybridized carbons (Fsp3) is 0.875. The highest BCUT2D eigenvalue weighted by atomic mass is 127. The Balaban J connectivity index is 0.00000484. The molecule has 0 aromatic carbocycles. The molecule has 1 aliphatic rings. The van der Waals surface area contributed by atoms with Crippen molar-refractivity contribution in [1.29, 1.82) is 0 Å². The van der Waals surface area contributed by atoms with Crippen LogP contribution in [0.25, 0.3) is 0 Å². The van der Waals surface area contributed by atoms with Crippen molar-refractivity contribution in [2.75, 3.05) is 40.5 Å². The first-order valence-corrected chi connectivity index (χ1v) is 8.16. The zero-order valence-electron chi connectivity index (χ0n) is 14.8. The van der Waals surface area contributed by atoms with E-state index in [1.165, 1.54) is 26.4 Å². The molecule has 0 aromatic rings. The minimum absolute atomic E-state index is 0. The van der Waals surface area contributed by atoms with Crippen molar-refractivity contribution < 1.29 is 14.3 Å². The molecule has 6 nitrogen and oxygen atoms in total. The van der Waals surface area contributed by atoms with Crippen LogP contribution < -0.4 is 10.6 Å². The second kappa shape index (κ2) is 11.9. The average Bonchev–Trinajstić information content (AvgIpc) is 2.49. The van der Waals surface area contributed by atoms with Crippen molar-refractivity contribution in [1.82, 2.24) is 10.6 Å². The Bertz CT molecular complexity index is 374. The zero-order valence-corrected chi connectivity index (χ0v) is 17.1. The van der Waals surface area contributed by atoms with Crippen LogP contribution in [0, 0.1) is 11.3 Å². The third kappa shape index (κ3) is 7.69. The van der Waals surface area contributed by atoms with E-state index >= 15 is 0 Å². The number of aliphatic imine (C=N–C) groups is 1.